The summed E-state index contributed by atoms with van der Waals surface area (Å²) in [6, 6.07) is 7.93. The third kappa shape index (κ3) is 6.64. The molecule has 0 amide bonds. The van der Waals surface area contributed by atoms with E-state index in [4.69, 9.17) is 14.7 Å². The predicted octanol–water partition coefficient (Wildman–Crippen LogP) is 5.66. The molecule has 5 rings (SSSR count). The monoisotopic (exact) mass is 617 g/mol. The lowest BCUT2D eigenvalue weighted by atomic mass is 9.98. The number of nitrogens with zero attached hydrogens (tertiary/aromatic N) is 4. The van der Waals surface area contributed by atoms with Gasteiger partial charge in [0.15, 0.2) is 5.82 Å². The molecule has 13 heteroatoms. The fourth-order valence-corrected chi connectivity index (χ4v) is 6.66. The summed E-state index contributed by atoms with van der Waals surface area (Å²) in [6.45, 7) is 9.82. The number of sulfonamides is 1. The van der Waals surface area contributed by atoms with Crippen LogP contribution >= 0.6 is 11.3 Å². The van der Waals surface area contributed by atoms with Gasteiger partial charge < -0.3 is 4.74 Å². The third-order valence-electron chi connectivity index (χ3n) is 6.64. The quantitative estimate of drug-likeness (QED) is 0.273. The molecular weight excluding hydrogens is 587 g/mol. The number of benzene rings is 2. The van der Waals surface area contributed by atoms with Crippen LogP contribution in [0.4, 0.5) is 18.9 Å². The topological polar surface area (TPSA) is 97.3 Å². The van der Waals surface area contributed by atoms with Gasteiger partial charge in [-0.1, -0.05) is 26.8 Å². The van der Waals surface area contributed by atoms with E-state index in [1.807, 2.05) is 20.8 Å². The smallest absolute Gasteiger partial charge is 0.265 e. The van der Waals surface area contributed by atoms with Crippen molar-refractivity contribution in [1.29, 1.82) is 0 Å². The summed E-state index contributed by atoms with van der Waals surface area (Å²) in [7, 11) is -4.64. The summed E-state index contributed by atoms with van der Waals surface area (Å²) in [5, 5.41) is 0.730. The molecule has 0 saturated carbocycles. The summed E-state index contributed by atoms with van der Waals surface area (Å²) in [5.74, 6) is -2.38. The molecule has 0 bridgehead atoms. The van der Waals surface area contributed by atoms with Crippen LogP contribution in [-0.2, 0) is 26.6 Å². The van der Waals surface area contributed by atoms with Gasteiger partial charge in [-0.2, -0.15) is 0 Å². The van der Waals surface area contributed by atoms with Crippen LogP contribution in [-0.4, -0.2) is 61.1 Å². The van der Waals surface area contributed by atoms with Crippen LogP contribution in [0.25, 0.3) is 21.8 Å². The number of rotatable bonds is 8. The van der Waals surface area contributed by atoms with Gasteiger partial charge in [0.25, 0.3) is 10.0 Å². The minimum Gasteiger partial charge on any atom is -0.379 e. The molecule has 0 unspecified atom stereocenters. The minimum absolute atomic E-state index is 0.0325. The van der Waals surface area contributed by atoms with Crippen molar-refractivity contribution in [3.63, 3.8) is 0 Å². The Morgan fingerprint density at radius 3 is 2.55 bits per heavy atom. The van der Waals surface area contributed by atoms with Crippen molar-refractivity contribution >= 4 is 27.0 Å². The number of thiazole rings is 1. The van der Waals surface area contributed by atoms with Crippen LogP contribution in [0.5, 0.6) is 0 Å². The highest BCUT2D eigenvalue weighted by atomic mass is 32.2. The highest BCUT2D eigenvalue weighted by Crippen LogP contribution is 2.42. The number of ether oxygens (including phenoxy) is 1. The summed E-state index contributed by atoms with van der Waals surface area (Å²) in [4.78, 5) is 15.9. The van der Waals surface area contributed by atoms with E-state index >= 15 is 4.39 Å². The molecular formula is C29H30F3N5O3S2. The van der Waals surface area contributed by atoms with Gasteiger partial charge in [0.05, 0.1) is 40.2 Å². The van der Waals surface area contributed by atoms with Crippen LogP contribution in [0, 0.1) is 17.5 Å². The average Bonchev–Trinajstić information content (AvgIpc) is 3.41. The average molecular weight is 618 g/mol. The van der Waals surface area contributed by atoms with E-state index in [1.54, 1.807) is 12.3 Å². The minimum atomic E-state index is -4.64. The lowest BCUT2D eigenvalue weighted by Gasteiger charge is -2.26. The molecule has 1 saturated heterocycles. The maximum atomic E-state index is 16.0. The van der Waals surface area contributed by atoms with E-state index in [2.05, 4.69) is 14.6 Å². The Hall–Kier alpha value is -3.39. The van der Waals surface area contributed by atoms with Crippen molar-refractivity contribution in [3.05, 3.63) is 76.9 Å². The number of nitrogens with one attached hydrogen (secondary N) is 1. The van der Waals surface area contributed by atoms with Crippen LogP contribution < -0.4 is 4.72 Å². The van der Waals surface area contributed by atoms with E-state index in [0.717, 1.165) is 30.7 Å². The molecule has 0 aliphatic carbocycles. The zero-order valence-corrected chi connectivity index (χ0v) is 25.0. The number of hydrogen-bond acceptors (Lipinski definition) is 8. The Labute approximate surface area is 246 Å². The highest BCUT2D eigenvalue weighted by molar-refractivity contribution is 7.92. The highest BCUT2D eigenvalue weighted by Gasteiger charge is 2.27. The normalized spacial score (nSPS) is 14.7. The zero-order chi connectivity index (χ0) is 30.1. The molecule has 1 aliphatic rings. The van der Waals surface area contributed by atoms with Gasteiger partial charge in [0.2, 0.25) is 0 Å². The maximum absolute atomic E-state index is 16.0. The fraction of sp³-hybridized carbons (Fsp3) is 0.345. The van der Waals surface area contributed by atoms with Crippen molar-refractivity contribution in [3.8, 4) is 21.8 Å². The number of anilines is 1. The molecule has 8 nitrogen and oxygen atoms in total. The zero-order valence-electron chi connectivity index (χ0n) is 23.3. The number of hydrogen-bond donors (Lipinski definition) is 1. The number of halogens is 3. The second-order valence-corrected chi connectivity index (χ2v) is 13.5. The lowest BCUT2D eigenvalue weighted by molar-refractivity contribution is 0.0382. The van der Waals surface area contributed by atoms with E-state index in [1.165, 1.54) is 29.5 Å². The first-order valence-electron chi connectivity index (χ1n) is 13.3. The third-order valence-corrected chi connectivity index (χ3v) is 9.53. The largest absolute Gasteiger partial charge is 0.379 e. The van der Waals surface area contributed by atoms with Crippen molar-refractivity contribution in [2.75, 3.05) is 37.6 Å². The van der Waals surface area contributed by atoms with Crippen molar-refractivity contribution in [2.45, 2.75) is 37.5 Å². The summed E-state index contributed by atoms with van der Waals surface area (Å²) in [6.07, 6.45) is 2.28. The van der Waals surface area contributed by atoms with E-state index in [-0.39, 0.29) is 11.0 Å². The second kappa shape index (κ2) is 12.1. The Kier molecular flexibility index (Phi) is 8.65. The molecule has 2 aromatic heterocycles. The van der Waals surface area contributed by atoms with E-state index in [9.17, 15) is 17.2 Å². The van der Waals surface area contributed by atoms with Crippen molar-refractivity contribution in [2.24, 2.45) is 0 Å². The molecule has 3 heterocycles. The molecule has 2 aromatic carbocycles. The Morgan fingerprint density at radius 2 is 1.81 bits per heavy atom. The Morgan fingerprint density at radius 1 is 1.05 bits per heavy atom. The fourth-order valence-electron chi connectivity index (χ4n) is 4.40. The number of morpholine rings is 1. The van der Waals surface area contributed by atoms with E-state index < -0.39 is 38.1 Å². The molecule has 1 aliphatic heterocycles. The van der Waals surface area contributed by atoms with Gasteiger partial charge in [-0.25, -0.2) is 36.5 Å². The molecule has 4 aromatic rings. The molecule has 1 fully saturated rings. The SMILES string of the molecule is CC(C)(C)c1nc(-c2cccc(NS(=O)(=O)c3cc(F)ccc3F)c2F)c(-c2ccnc(CCN3CCOCC3)n2)s1. The van der Waals surface area contributed by atoms with Crippen molar-refractivity contribution < 1.29 is 26.3 Å². The van der Waals surface area contributed by atoms with Gasteiger partial charge in [0, 0.05) is 43.2 Å². The van der Waals surface area contributed by atoms with Crippen LogP contribution in [0.15, 0.2) is 53.6 Å². The first-order chi connectivity index (χ1) is 19.9. The van der Waals surface area contributed by atoms with Crippen LogP contribution in [0.2, 0.25) is 0 Å². The summed E-state index contributed by atoms with van der Waals surface area (Å²) >= 11 is 1.37. The summed E-state index contributed by atoms with van der Waals surface area (Å²) < 4.78 is 77.2. The van der Waals surface area contributed by atoms with Crippen LogP contribution in [0.3, 0.4) is 0 Å². The lowest BCUT2D eigenvalue weighted by Crippen LogP contribution is -2.37. The Balaban J connectivity index is 1.52. The number of aromatic nitrogens is 3. The van der Waals surface area contributed by atoms with E-state index in [0.29, 0.717) is 53.9 Å². The maximum Gasteiger partial charge on any atom is 0.265 e. The standard InChI is InChI=1S/C29H30F3N5O3S2/c1-29(2,3)28-35-26(27(41-28)22-9-11-33-24(34-22)10-12-37-13-15-40-16-14-37)19-5-4-6-21(25(19)32)36-42(38,39)23-17-18(30)7-8-20(23)31/h4-9,11,17,36H,10,12-16H2,1-3H3. The van der Waals surface area contributed by atoms with Gasteiger partial charge in [-0.15, -0.1) is 11.3 Å². The van der Waals surface area contributed by atoms with Crippen LogP contribution in [0.1, 0.15) is 31.6 Å². The Bertz CT molecular complexity index is 1700. The molecule has 1 N–H and O–H groups in total. The second-order valence-electron chi connectivity index (χ2n) is 10.9. The first kappa shape index (κ1) is 30.1. The molecule has 0 spiro atoms. The molecule has 222 valence electrons. The first-order valence-corrected chi connectivity index (χ1v) is 15.6. The summed E-state index contributed by atoms with van der Waals surface area (Å²) in [5.41, 5.74) is 0.0935. The molecule has 0 atom stereocenters. The van der Waals surface area contributed by atoms with Crippen molar-refractivity contribution in [1.82, 2.24) is 19.9 Å². The van der Waals surface area contributed by atoms with Gasteiger partial charge in [-0.3, -0.25) is 9.62 Å². The van der Waals surface area contributed by atoms with Gasteiger partial charge >= 0.3 is 0 Å². The van der Waals surface area contributed by atoms with Gasteiger partial charge in [0.1, 0.15) is 22.4 Å². The molecule has 0 radical (unpaired) electrons. The molecule has 42 heavy (non-hydrogen) atoms. The van der Waals surface area contributed by atoms with Gasteiger partial charge in [-0.05, 0) is 36.4 Å². The predicted molar refractivity (Wildman–Crippen MR) is 155 cm³/mol.